The SMILES string of the molecule is CC1=C(C(=O)OC(C)C)[C@H](c2c(F)cccc2F)NC(=O)N1C. The first-order valence-electron chi connectivity index (χ1n) is 7.14. The van der Waals surface area contributed by atoms with E-state index < -0.39 is 35.8 Å². The molecule has 1 aromatic carbocycles. The monoisotopic (exact) mass is 324 g/mol. The molecule has 2 rings (SSSR count). The van der Waals surface area contributed by atoms with Crippen molar-refractivity contribution in [3.05, 3.63) is 46.7 Å². The van der Waals surface area contributed by atoms with Gasteiger partial charge in [0.05, 0.1) is 23.3 Å². The van der Waals surface area contributed by atoms with E-state index in [1.807, 2.05) is 0 Å². The van der Waals surface area contributed by atoms with Crippen LogP contribution < -0.4 is 5.32 Å². The van der Waals surface area contributed by atoms with Gasteiger partial charge in [0, 0.05) is 12.7 Å². The summed E-state index contributed by atoms with van der Waals surface area (Å²) in [6, 6.07) is 1.56. The van der Waals surface area contributed by atoms with Gasteiger partial charge in [-0.05, 0) is 32.9 Å². The summed E-state index contributed by atoms with van der Waals surface area (Å²) in [5.41, 5.74) is -0.0964. The Kier molecular flexibility index (Phi) is 4.68. The second-order valence-corrected chi connectivity index (χ2v) is 5.53. The highest BCUT2D eigenvalue weighted by molar-refractivity contribution is 5.95. The minimum Gasteiger partial charge on any atom is -0.459 e. The molecule has 0 aromatic heterocycles. The third-order valence-corrected chi connectivity index (χ3v) is 3.61. The lowest BCUT2D eigenvalue weighted by molar-refractivity contribution is -0.143. The molecule has 0 radical (unpaired) electrons. The quantitative estimate of drug-likeness (QED) is 0.870. The lowest BCUT2D eigenvalue weighted by Crippen LogP contribution is -2.47. The van der Waals surface area contributed by atoms with Crippen LogP contribution in [0.25, 0.3) is 0 Å². The normalized spacial score (nSPS) is 18.3. The highest BCUT2D eigenvalue weighted by atomic mass is 19.1. The van der Waals surface area contributed by atoms with Crippen molar-refractivity contribution in [3.63, 3.8) is 0 Å². The number of benzene rings is 1. The van der Waals surface area contributed by atoms with E-state index in [0.717, 1.165) is 12.1 Å². The van der Waals surface area contributed by atoms with Crippen LogP contribution in [-0.2, 0) is 9.53 Å². The topological polar surface area (TPSA) is 58.6 Å². The minimum atomic E-state index is -1.24. The second-order valence-electron chi connectivity index (χ2n) is 5.53. The molecule has 0 aliphatic carbocycles. The molecular weight excluding hydrogens is 306 g/mol. The van der Waals surface area contributed by atoms with E-state index in [2.05, 4.69) is 5.32 Å². The summed E-state index contributed by atoms with van der Waals surface area (Å²) in [5, 5.41) is 2.45. The number of urea groups is 1. The summed E-state index contributed by atoms with van der Waals surface area (Å²) in [5.74, 6) is -2.41. The molecule has 0 fully saturated rings. The maximum absolute atomic E-state index is 14.1. The smallest absolute Gasteiger partial charge is 0.338 e. The van der Waals surface area contributed by atoms with Gasteiger partial charge in [-0.1, -0.05) is 6.07 Å². The number of hydrogen-bond donors (Lipinski definition) is 1. The predicted molar refractivity (Wildman–Crippen MR) is 79.3 cm³/mol. The van der Waals surface area contributed by atoms with Gasteiger partial charge >= 0.3 is 12.0 Å². The number of hydrogen-bond acceptors (Lipinski definition) is 3. The van der Waals surface area contributed by atoms with Crippen molar-refractivity contribution in [2.24, 2.45) is 0 Å². The molecule has 124 valence electrons. The van der Waals surface area contributed by atoms with Gasteiger partial charge in [0.15, 0.2) is 0 Å². The van der Waals surface area contributed by atoms with Crippen LogP contribution in [0.5, 0.6) is 0 Å². The van der Waals surface area contributed by atoms with Gasteiger partial charge < -0.3 is 15.0 Å². The summed E-state index contributed by atoms with van der Waals surface area (Å²) >= 11 is 0. The average molecular weight is 324 g/mol. The molecule has 1 atom stereocenters. The molecule has 1 aliphatic heterocycles. The first kappa shape index (κ1) is 16.9. The van der Waals surface area contributed by atoms with Crippen LogP contribution in [0.3, 0.4) is 0 Å². The van der Waals surface area contributed by atoms with Crippen LogP contribution in [0, 0.1) is 11.6 Å². The Morgan fingerprint density at radius 1 is 1.30 bits per heavy atom. The van der Waals surface area contributed by atoms with E-state index in [0.29, 0.717) is 0 Å². The summed E-state index contributed by atoms with van der Waals surface area (Å²) in [6.07, 6.45) is -0.406. The van der Waals surface area contributed by atoms with Crippen molar-refractivity contribution >= 4 is 12.0 Å². The first-order chi connectivity index (χ1) is 10.7. The van der Waals surface area contributed by atoms with Gasteiger partial charge in [0.25, 0.3) is 0 Å². The number of carbonyl (C=O) groups excluding carboxylic acids is 2. The van der Waals surface area contributed by atoms with E-state index >= 15 is 0 Å². The summed E-state index contributed by atoms with van der Waals surface area (Å²) in [6.45, 7) is 4.86. The van der Waals surface area contributed by atoms with Crippen LogP contribution >= 0.6 is 0 Å². The van der Waals surface area contributed by atoms with Gasteiger partial charge in [0.2, 0.25) is 0 Å². The van der Waals surface area contributed by atoms with Gasteiger partial charge in [-0.15, -0.1) is 0 Å². The Balaban J connectivity index is 2.60. The lowest BCUT2D eigenvalue weighted by atomic mass is 9.94. The fourth-order valence-corrected chi connectivity index (χ4v) is 2.38. The van der Waals surface area contributed by atoms with Crippen LogP contribution in [-0.4, -0.2) is 30.1 Å². The molecule has 0 saturated carbocycles. The maximum Gasteiger partial charge on any atom is 0.338 e. The molecule has 0 bridgehead atoms. The maximum atomic E-state index is 14.1. The molecule has 2 amide bonds. The molecule has 1 aromatic rings. The summed E-state index contributed by atoms with van der Waals surface area (Å²) in [4.78, 5) is 25.6. The minimum absolute atomic E-state index is 0.00444. The number of esters is 1. The number of carbonyl (C=O) groups is 2. The first-order valence-corrected chi connectivity index (χ1v) is 7.14. The average Bonchev–Trinajstić information content (AvgIpc) is 2.43. The van der Waals surface area contributed by atoms with Crippen molar-refractivity contribution < 1.29 is 23.1 Å². The van der Waals surface area contributed by atoms with Crippen LogP contribution in [0.4, 0.5) is 13.6 Å². The highest BCUT2D eigenvalue weighted by Gasteiger charge is 2.37. The van der Waals surface area contributed by atoms with E-state index in [9.17, 15) is 18.4 Å². The van der Waals surface area contributed by atoms with Crippen LogP contribution in [0.2, 0.25) is 0 Å². The van der Waals surface area contributed by atoms with Gasteiger partial charge in [0.1, 0.15) is 11.6 Å². The Bertz CT molecular complexity index is 666. The Hall–Kier alpha value is -2.44. The Morgan fingerprint density at radius 2 is 1.87 bits per heavy atom. The van der Waals surface area contributed by atoms with E-state index in [1.165, 1.54) is 24.9 Å². The molecule has 1 heterocycles. The third kappa shape index (κ3) is 3.18. The molecule has 0 spiro atoms. The number of allylic oxidation sites excluding steroid dienone is 1. The van der Waals surface area contributed by atoms with Crippen LogP contribution in [0.1, 0.15) is 32.4 Å². The summed E-state index contributed by atoms with van der Waals surface area (Å²) in [7, 11) is 1.46. The molecule has 1 aliphatic rings. The third-order valence-electron chi connectivity index (χ3n) is 3.61. The molecule has 7 heteroatoms. The summed E-state index contributed by atoms with van der Waals surface area (Å²) < 4.78 is 33.4. The van der Waals surface area contributed by atoms with Gasteiger partial charge in [-0.25, -0.2) is 18.4 Å². The molecule has 1 N–H and O–H groups in total. The second kappa shape index (κ2) is 6.36. The van der Waals surface area contributed by atoms with Crippen molar-refractivity contribution in [2.45, 2.75) is 32.9 Å². The van der Waals surface area contributed by atoms with Gasteiger partial charge in [-0.3, -0.25) is 0 Å². The highest BCUT2D eigenvalue weighted by Crippen LogP contribution is 2.33. The van der Waals surface area contributed by atoms with E-state index in [4.69, 9.17) is 4.74 Å². The largest absolute Gasteiger partial charge is 0.459 e. The molecule has 0 saturated heterocycles. The van der Waals surface area contributed by atoms with Gasteiger partial charge in [-0.2, -0.15) is 0 Å². The molecule has 5 nitrogen and oxygen atoms in total. The molecule has 23 heavy (non-hydrogen) atoms. The van der Waals surface area contributed by atoms with Crippen molar-refractivity contribution in [3.8, 4) is 0 Å². The Labute approximate surface area is 132 Å². The van der Waals surface area contributed by atoms with E-state index in [1.54, 1.807) is 13.8 Å². The fourth-order valence-electron chi connectivity index (χ4n) is 2.38. The number of halogens is 2. The van der Waals surface area contributed by atoms with E-state index in [-0.39, 0.29) is 16.8 Å². The number of ether oxygens (including phenoxy) is 1. The number of rotatable bonds is 3. The number of nitrogens with one attached hydrogen (secondary N) is 1. The zero-order valence-electron chi connectivity index (χ0n) is 13.3. The molecule has 0 unspecified atom stereocenters. The standard InChI is InChI=1S/C16H18F2N2O3/c1-8(2)23-15(21)12-9(3)20(4)16(22)19-14(12)13-10(17)6-5-7-11(13)18/h5-8,14H,1-4H3,(H,19,22)/t14-/m1/s1. The fraction of sp³-hybridized carbons (Fsp3) is 0.375. The van der Waals surface area contributed by atoms with Crippen LogP contribution in [0.15, 0.2) is 29.5 Å². The predicted octanol–water partition coefficient (Wildman–Crippen LogP) is 2.89. The zero-order valence-corrected chi connectivity index (χ0v) is 13.3. The van der Waals surface area contributed by atoms with Crippen molar-refractivity contribution in [1.29, 1.82) is 0 Å². The van der Waals surface area contributed by atoms with Crippen molar-refractivity contribution in [2.75, 3.05) is 7.05 Å². The zero-order chi connectivity index (χ0) is 17.3. The molecular formula is C16H18F2N2O3. The number of amides is 2. The lowest BCUT2D eigenvalue weighted by Gasteiger charge is -2.33. The Morgan fingerprint density at radius 3 is 2.39 bits per heavy atom. The van der Waals surface area contributed by atoms with Crippen molar-refractivity contribution in [1.82, 2.24) is 10.2 Å². The number of nitrogens with zero attached hydrogens (tertiary/aromatic N) is 1.